The molecule has 1 aliphatic heterocycles. The van der Waals surface area contributed by atoms with Crippen LogP contribution >= 0.6 is 0 Å². The molecule has 5 rings (SSSR count). The summed E-state index contributed by atoms with van der Waals surface area (Å²) in [6, 6.07) is 14.5. The zero-order valence-electron chi connectivity index (χ0n) is 17.5. The quantitative estimate of drug-likeness (QED) is 0.677. The lowest BCUT2D eigenvalue weighted by atomic mass is 9.97. The number of pyridine rings is 1. The number of fused-ring (bicyclic) bond motifs is 1. The van der Waals surface area contributed by atoms with E-state index in [1.54, 1.807) is 0 Å². The first kappa shape index (κ1) is 19.1. The van der Waals surface area contributed by atoms with Crippen molar-refractivity contribution >= 4 is 16.7 Å². The molecule has 1 atom stereocenters. The average Bonchev–Trinajstić information content (AvgIpc) is 3.53. The fourth-order valence-corrected chi connectivity index (χ4v) is 4.32. The predicted octanol–water partition coefficient (Wildman–Crippen LogP) is 4.05. The Labute approximate surface area is 177 Å². The normalized spacial score (nSPS) is 19.9. The van der Waals surface area contributed by atoms with Crippen LogP contribution in [0, 0.1) is 6.92 Å². The number of carbonyl (C=O) groups excluding carboxylic acids is 1. The highest BCUT2D eigenvalue weighted by molar-refractivity contribution is 5.97. The van der Waals surface area contributed by atoms with Gasteiger partial charge in [0.15, 0.2) is 0 Å². The highest BCUT2D eigenvalue weighted by Gasteiger charge is 2.46. The molecule has 1 aromatic heterocycles. The molecule has 1 aliphatic carbocycles. The molecule has 1 saturated carbocycles. The molecular weight excluding hydrogens is 374 g/mol. The van der Waals surface area contributed by atoms with E-state index in [2.05, 4.69) is 34.4 Å². The van der Waals surface area contributed by atoms with E-state index in [1.807, 2.05) is 49.6 Å². The monoisotopic (exact) mass is 401 g/mol. The van der Waals surface area contributed by atoms with E-state index < -0.39 is 0 Å². The summed E-state index contributed by atoms with van der Waals surface area (Å²) in [5.74, 6) is 0.717. The minimum atomic E-state index is -0.296. The largest absolute Gasteiger partial charge is 0.492 e. The van der Waals surface area contributed by atoms with Gasteiger partial charge in [0.1, 0.15) is 12.4 Å². The molecule has 154 valence electrons. The minimum absolute atomic E-state index is 0.0396. The van der Waals surface area contributed by atoms with E-state index in [0.29, 0.717) is 18.2 Å². The maximum Gasteiger partial charge on any atom is 0.252 e. The maximum atomic E-state index is 13.3. The molecule has 0 bridgehead atoms. The number of rotatable bonds is 6. The number of likely N-dealkylation sites (N-methyl/N-ethyl adjacent to an activating group) is 1. The number of hydrogen-bond acceptors (Lipinski definition) is 4. The van der Waals surface area contributed by atoms with Crippen molar-refractivity contribution in [3.05, 3.63) is 71.5 Å². The number of hydrogen-bond donors (Lipinski definition) is 1. The molecule has 5 heteroatoms. The standard InChI is InChI=1S/C25H27N3O2/c1-17-6-7-20(30-16-19-9-13-28(19)2)14-22(17)24(29)27-25(10-11-25)23-5-3-4-18-15-26-12-8-21(18)23/h3-8,12,14-15,19H,9-11,13,16H2,1-2H3,(H,27,29). The van der Waals surface area contributed by atoms with Gasteiger partial charge in [-0.05, 0) is 74.5 Å². The van der Waals surface area contributed by atoms with Crippen LogP contribution in [0.2, 0.25) is 0 Å². The van der Waals surface area contributed by atoms with Crippen LogP contribution < -0.4 is 10.1 Å². The van der Waals surface area contributed by atoms with Gasteiger partial charge < -0.3 is 10.1 Å². The summed E-state index contributed by atoms with van der Waals surface area (Å²) in [4.78, 5) is 19.8. The van der Waals surface area contributed by atoms with Crippen molar-refractivity contribution in [3.63, 3.8) is 0 Å². The lowest BCUT2D eigenvalue weighted by molar-refractivity contribution is 0.0767. The Bertz CT molecular complexity index is 1100. The molecule has 5 nitrogen and oxygen atoms in total. The second-order valence-corrected chi connectivity index (χ2v) is 8.65. The summed E-state index contributed by atoms with van der Waals surface area (Å²) in [5.41, 5.74) is 2.52. The van der Waals surface area contributed by atoms with Gasteiger partial charge in [-0.3, -0.25) is 14.7 Å². The third-order valence-electron chi connectivity index (χ3n) is 6.63. The van der Waals surface area contributed by atoms with Crippen LogP contribution in [-0.4, -0.2) is 42.0 Å². The van der Waals surface area contributed by atoms with Gasteiger partial charge in [-0.25, -0.2) is 0 Å². The lowest BCUT2D eigenvalue weighted by Gasteiger charge is -2.37. The van der Waals surface area contributed by atoms with Gasteiger partial charge in [-0.1, -0.05) is 24.3 Å². The second kappa shape index (κ2) is 7.40. The van der Waals surface area contributed by atoms with Gasteiger partial charge >= 0.3 is 0 Å². The minimum Gasteiger partial charge on any atom is -0.492 e. The van der Waals surface area contributed by atoms with Gasteiger partial charge in [0, 0.05) is 29.4 Å². The van der Waals surface area contributed by atoms with E-state index in [9.17, 15) is 4.79 Å². The number of nitrogens with zero attached hydrogens (tertiary/aromatic N) is 2. The third kappa shape index (κ3) is 3.43. The van der Waals surface area contributed by atoms with Gasteiger partial charge in [-0.2, -0.15) is 0 Å². The number of benzene rings is 2. The molecule has 2 heterocycles. The molecule has 1 amide bonds. The third-order valence-corrected chi connectivity index (χ3v) is 6.63. The fraction of sp³-hybridized carbons (Fsp3) is 0.360. The summed E-state index contributed by atoms with van der Waals surface area (Å²) < 4.78 is 5.99. The SMILES string of the molecule is Cc1ccc(OCC2CCN2C)cc1C(=O)NC1(c2cccc3cnccc23)CC1. The van der Waals surface area contributed by atoms with E-state index in [-0.39, 0.29) is 11.4 Å². The Morgan fingerprint density at radius 1 is 1.27 bits per heavy atom. The molecule has 3 aromatic rings. The van der Waals surface area contributed by atoms with Crippen molar-refractivity contribution in [1.82, 2.24) is 15.2 Å². The van der Waals surface area contributed by atoms with Crippen LogP contribution in [-0.2, 0) is 5.54 Å². The topological polar surface area (TPSA) is 54.5 Å². The van der Waals surface area contributed by atoms with E-state index >= 15 is 0 Å². The summed E-state index contributed by atoms with van der Waals surface area (Å²) in [5, 5.41) is 5.59. The molecule has 30 heavy (non-hydrogen) atoms. The summed E-state index contributed by atoms with van der Waals surface area (Å²) >= 11 is 0. The molecule has 2 fully saturated rings. The zero-order valence-corrected chi connectivity index (χ0v) is 17.5. The van der Waals surface area contributed by atoms with Crippen LogP contribution in [0.3, 0.4) is 0 Å². The lowest BCUT2D eigenvalue weighted by Crippen LogP contribution is -2.48. The van der Waals surface area contributed by atoms with Gasteiger partial charge in [0.05, 0.1) is 5.54 Å². The van der Waals surface area contributed by atoms with Gasteiger partial charge in [-0.15, -0.1) is 0 Å². The number of likely N-dealkylation sites (tertiary alicyclic amines) is 1. The summed E-state index contributed by atoms with van der Waals surface area (Å²) in [7, 11) is 2.12. The van der Waals surface area contributed by atoms with Crippen LogP contribution in [0.15, 0.2) is 54.9 Å². The van der Waals surface area contributed by atoms with Crippen LogP contribution in [0.1, 0.15) is 40.7 Å². The summed E-state index contributed by atoms with van der Waals surface area (Å²) in [6.07, 6.45) is 6.75. The van der Waals surface area contributed by atoms with E-state index in [0.717, 1.165) is 41.5 Å². The first-order valence-electron chi connectivity index (χ1n) is 10.7. The second-order valence-electron chi connectivity index (χ2n) is 8.65. The Morgan fingerprint density at radius 2 is 2.13 bits per heavy atom. The van der Waals surface area contributed by atoms with Gasteiger partial charge in [0.25, 0.3) is 5.91 Å². The molecule has 1 N–H and O–H groups in total. The van der Waals surface area contributed by atoms with Crippen LogP contribution in [0.25, 0.3) is 10.8 Å². The highest BCUT2D eigenvalue weighted by atomic mass is 16.5. The zero-order chi connectivity index (χ0) is 20.7. The van der Waals surface area contributed by atoms with Crippen LogP contribution in [0.5, 0.6) is 5.75 Å². The molecule has 0 radical (unpaired) electrons. The molecular formula is C25H27N3O2. The molecule has 0 spiro atoms. The predicted molar refractivity (Wildman–Crippen MR) is 118 cm³/mol. The first-order valence-corrected chi connectivity index (χ1v) is 10.7. The molecule has 2 aromatic carbocycles. The number of aryl methyl sites for hydroxylation is 1. The van der Waals surface area contributed by atoms with Crippen molar-refractivity contribution < 1.29 is 9.53 Å². The van der Waals surface area contributed by atoms with Crippen molar-refractivity contribution in [2.24, 2.45) is 0 Å². The number of amides is 1. The Balaban J connectivity index is 1.36. The van der Waals surface area contributed by atoms with E-state index in [4.69, 9.17) is 4.74 Å². The first-order chi connectivity index (χ1) is 14.6. The fourth-order valence-electron chi connectivity index (χ4n) is 4.32. The maximum absolute atomic E-state index is 13.3. The van der Waals surface area contributed by atoms with E-state index in [1.165, 1.54) is 12.0 Å². The molecule has 2 aliphatic rings. The van der Waals surface area contributed by atoms with Crippen LogP contribution in [0.4, 0.5) is 0 Å². The smallest absolute Gasteiger partial charge is 0.252 e. The van der Waals surface area contributed by atoms with Crippen molar-refractivity contribution in [1.29, 1.82) is 0 Å². The number of aromatic nitrogens is 1. The Kier molecular flexibility index (Phi) is 4.70. The van der Waals surface area contributed by atoms with Crippen molar-refractivity contribution in [2.75, 3.05) is 20.2 Å². The Morgan fingerprint density at radius 3 is 2.87 bits per heavy atom. The number of ether oxygens (including phenoxy) is 1. The number of nitrogens with one attached hydrogen (secondary N) is 1. The summed E-state index contributed by atoms with van der Waals surface area (Å²) in [6.45, 7) is 3.76. The molecule has 1 unspecified atom stereocenters. The Hall–Kier alpha value is -2.92. The van der Waals surface area contributed by atoms with Crippen molar-refractivity contribution in [3.8, 4) is 5.75 Å². The number of carbonyl (C=O) groups is 1. The van der Waals surface area contributed by atoms with Gasteiger partial charge in [0.2, 0.25) is 0 Å². The highest BCUT2D eigenvalue weighted by Crippen LogP contribution is 2.48. The average molecular weight is 402 g/mol. The molecule has 1 saturated heterocycles. The van der Waals surface area contributed by atoms with Crippen molar-refractivity contribution in [2.45, 2.75) is 37.8 Å².